The quantitative estimate of drug-likeness (QED) is 0.358. The first-order valence-corrected chi connectivity index (χ1v) is 12.0. The summed E-state index contributed by atoms with van der Waals surface area (Å²) in [4.78, 5) is 26.7. The summed E-state index contributed by atoms with van der Waals surface area (Å²) < 4.78 is 14.6. The summed E-state index contributed by atoms with van der Waals surface area (Å²) in [5, 5.41) is 17.4. The predicted molar refractivity (Wildman–Crippen MR) is 131 cm³/mol. The van der Waals surface area contributed by atoms with E-state index in [4.69, 9.17) is 4.98 Å². The number of rotatable bonds is 7. The third-order valence-electron chi connectivity index (χ3n) is 6.42. The monoisotopic (exact) mass is 489 g/mol. The highest BCUT2D eigenvalue weighted by atomic mass is 19.1. The van der Waals surface area contributed by atoms with Gasteiger partial charge in [-0.2, -0.15) is 10.2 Å². The van der Waals surface area contributed by atoms with Gasteiger partial charge < -0.3 is 10.6 Å². The van der Waals surface area contributed by atoms with Crippen molar-refractivity contribution < 1.29 is 9.18 Å². The number of carbonyl (C=O) groups is 1. The van der Waals surface area contributed by atoms with Gasteiger partial charge in [-0.3, -0.25) is 9.89 Å². The lowest BCUT2D eigenvalue weighted by Crippen LogP contribution is -2.31. The van der Waals surface area contributed by atoms with E-state index in [-0.39, 0.29) is 23.8 Å². The highest BCUT2D eigenvalue weighted by Crippen LogP contribution is 2.37. The number of pyridine rings is 1. The third kappa shape index (κ3) is 5.24. The molecule has 4 heterocycles. The maximum atomic E-state index is 13.2. The van der Waals surface area contributed by atoms with Gasteiger partial charge in [-0.15, -0.1) is 0 Å². The van der Waals surface area contributed by atoms with Gasteiger partial charge in [0.1, 0.15) is 11.6 Å². The van der Waals surface area contributed by atoms with Crippen LogP contribution in [-0.2, 0) is 4.79 Å². The number of aromatic amines is 1. The Morgan fingerprint density at radius 1 is 1.17 bits per heavy atom. The molecule has 0 bridgehead atoms. The zero-order valence-electron chi connectivity index (χ0n) is 20.4. The van der Waals surface area contributed by atoms with Gasteiger partial charge in [0.25, 0.3) is 0 Å². The topological polar surface area (TPSA) is 126 Å². The zero-order valence-corrected chi connectivity index (χ0v) is 20.4. The van der Waals surface area contributed by atoms with Crippen molar-refractivity contribution in [2.24, 2.45) is 5.92 Å². The highest BCUT2D eigenvalue weighted by molar-refractivity contribution is 5.79. The van der Waals surface area contributed by atoms with Gasteiger partial charge in [-0.1, -0.05) is 6.07 Å². The fraction of sp³-hybridized carbons (Fsp3) is 0.360. The fourth-order valence-electron chi connectivity index (χ4n) is 4.54. The second-order valence-electron chi connectivity index (χ2n) is 9.30. The van der Waals surface area contributed by atoms with E-state index in [2.05, 4.69) is 35.9 Å². The minimum atomic E-state index is -0.423. The summed E-state index contributed by atoms with van der Waals surface area (Å²) in [6, 6.07) is 7.20. The van der Waals surface area contributed by atoms with Crippen molar-refractivity contribution in [3.05, 3.63) is 71.4 Å². The van der Waals surface area contributed by atoms with E-state index in [1.807, 2.05) is 39.0 Å². The third-order valence-corrected chi connectivity index (χ3v) is 6.42. The second-order valence-corrected chi connectivity index (χ2v) is 9.30. The van der Waals surface area contributed by atoms with Crippen LogP contribution in [0.2, 0.25) is 0 Å². The molecule has 3 atom stereocenters. The normalized spacial score (nSPS) is 18.2. The van der Waals surface area contributed by atoms with Crippen LogP contribution in [0.25, 0.3) is 5.82 Å². The number of carbonyl (C=O) groups excluding carboxylic acids is 1. The molecule has 1 aliphatic carbocycles. The standard InChI is InChI=1S/C25H28FN9O/c1-14-8-21(31-22-9-15(2)33-34-22)32-24(29-14)17-4-5-18(10-17)25(36)30-16(3)19-6-7-23(27-11-19)35-13-20(26)12-28-35/h6-9,11-13,16-18H,4-5,10H2,1-3H3,(H,30,36)(H2,29,31,32,33,34)/t16-,17-,18-/m0/s1. The Kier molecular flexibility index (Phi) is 6.45. The molecule has 11 heteroatoms. The maximum Gasteiger partial charge on any atom is 0.223 e. The van der Waals surface area contributed by atoms with Gasteiger partial charge in [0.05, 0.1) is 18.4 Å². The van der Waals surface area contributed by atoms with Gasteiger partial charge in [0, 0.05) is 41.6 Å². The Hall–Kier alpha value is -4.15. The summed E-state index contributed by atoms with van der Waals surface area (Å²) in [7, 11) is 0. The number of hydrogen-bond acceptors (Lipinski definition) is 7. The molecule has 0 radical (unpaired) electrons. The largest absolute Gasteiger partial charge is 0.349 e. The first kappa shape index (κ1) is 23.6. The van der Waals surface area contributed by atoms with E-state index in [9.17, 15) is 9.18 Å². The first-order valence-electron chi connectivity index (χ1n) is 12.0. The average Bonchev–Trinajstić information content (AvgIpc) is 3.60. The fourth-order valence-corrected chi connectivity index (χ4v) is 4.54. The lowest BCUT2D eigenvalue weighted by Gasteiger charge is -2.18. The molecule has 1 fully saturated rings. The Morgan fingerprint density at radius 3 is 2.72 bits per heavy atom. The summed E-state index contributed by atoms with van der Waals surface area (Å²) in [6.07, 6.45) is 6.40. The van der Waals surface area contributed by atoms with Crippen LogP contribution in [0.15, 0.2) is 42.9 Å². The van der Waals surface area contributed by atoms with Crippen molar-refractivity contribution in [3.8, 4) is 5.82 Å². The first-order chi connectivity index (χ1) is 17.3. The van der Waals surface area contributed by atoms with E-state index >= 15 is 0 Å². The van der Waals surface area contributed by atoms with Crippen LogP contribution in [0.5, 0.6) is 0 Å². The minimum absolute atomic E-state index is 0.0150. The molecule has 0 aliphatic heterocycles. The van der Waals surface area contributed by atoms with Crippen LogP contribution in [-0.4, -0.2) is 40.8 Å². The minimum Gasteiger partial charge on any atom is -0.349 e. The van der Waals surface area contributed by atoms with Crippen molar-refractivity contribution >= 4 is 17.5 Å². The molecule has 1 saturated carbocycles. The maximum absolute atomic E-state index is 13.2. The number of H-pyrrole nitrogens is 1. The average molecular weight is 490 g/mol. The number of amides is 1. The lowest BCUT2D eigenvalue weighted by molar-refractivity contribution is -0.125. The lowest BCUT2D eigenvalue weighted by atomic mass is 10.0. The van der Waals surface area contributed by atoms with E-state index in [1.54, 1.807) is 12.3 Å². The smallest absolute Gasteiger partial charge is 0.223 e. The molecule has 1 aliphatic rings. The van der Waals surface area contributed by atoms with Crippen LogP contribution >= 0.6 is 0 Å². The number of nitrogens with one attached hydrogen (secondary N) is 3. The van der Waals surface area contributed by atoms with Crippen LogP contribution in [0, 0.1) is 25.6 Å². The molecule has 10 nitrogen and oxygen atoms in total. The van der Waals surface area contributed by atoms with Gasteiger partial charge in [0.2, 0.25) is 5.91 Å². The number of aromatic nitrogens is 7. The second kappa shape index (κ2) is 9.84. The van der Waals surface area contributed by atoms with Crippen LogP contribution in [0.4, 0.5) is 16.0 Å². The Balaban J connectivity index is 1.20. The van der Waals surface area contributed by atoms with Crippen molar-refractivity contribution in [3.63, 3.8) is 0 Å². The molecule has 3 N–H and O–H groups in total. The summed E-state index contributed by atoms with van der Waals surface area (Å²) in [5.74, 6) is 2.26. The van der Waals surface area contributed by atoms with Crippen LogP contribution < -0.4 is 10.6 Å². The Labute approximate surface area is 207 Å². The molecule has 1 amide bonds. The van der Waals surface area contributed by atoms with Crippen molar-refractivity contribution in [2.45, 2.75) is 52.0 Å². The van der Waals surface area contributed by atoms with E-state index in [1.165, 1.54) is 10.9 Å². The molecule has 0 aromatic carbocycles. The van der Waals surface area contributed by atoms with Gasteiger partial charge in [-0.05, 0) is 51.7 Å². The van der Waals surface area contributed by atoms with Crippen molar-refractivity contribution in [1.29, 1.82) is 0 Å². The molecule has 0 saturated heterocycles. The van der Waals surface area contributed by atoms with Gasteiger partial charge >= 0.3 is 0 Å². The van der Waals surface area contributed by atoms with E-state index in [0.29, 0.717) is 23.9 Å². The number of hydrogen-bond donors (Lipinski definition) is 3. The summed E-state index contributed by atoms with van der Waals surface area (Å²) in [6.45, 7) is 5.80. The number of aryl methyl sites for hydroxylation is 2. The number of nitrogens with zero attached hydrogens (tertiary/aromatic N) is 6. The van der Waals surface area contributed by atoms with Crippen molar-refractivity contribution in [1.82, 2.24) is 40.2 Å². The molecule has 4 aromatic rings. The van der Waals surface area contributed by atoms with E-state index in [0.717, 1.165) is 41.8 Å². The Bertz CT molecular complexity index is 1360. The molecular weight excluding hydrogens is 461 g/mol. The predicted octanol–water partition coefficient (Wildman–Crippen LogP) is 4.04. The Morgan fingerprint density at radius 2 is 2.03 bits per heavy atom. The molecule has 0 spiro atoms. The van der Waals surface area contributed by atoms with Crippen LogP contribution in [0.3, 0.4) is 0 Å². The SMILES string of the molecule is Cc1cc(Nc2cc(C)[nH]n2)nc([C@H]2CC[C@H](C(=O)N[C@@H](C)c3ccc(-n4cc(F)cn4)nc3)C2)n1. The van der Waals surface area contributed by atoms with Gasteiger partial charge in [0.15, 0.2) is 17.5 Å². The van der Waals surface area contributed by atoms with E-state index < -0.39 is 5.82 Å². The molecule has 36 heavy (non-hydrogen) atoms. The number of anilines is 2. The molecule has 186 valence electrons. The molecule has 4 aromatic heterocycles. The number of halogens is 1. The molecular formula is C25H28FN9O. The van der Waals surface area contributed by atoms with Crippen molar-refractivity contribution in [2.75, 3.05) is 5.32 Å². The summed E-state index contributed by atoms with van der Waals surface area (Å²) in [5.41, 5.74) is 2.69. The molecule has 0 unspecified atom stereocenters. The molecule has 5 rings (SSSR count). The van der Waals surface area contributed by atoms with Gasteiger partial charge in [-0.25, -0.2) is 24.0 Å². The van der Waals surface area contributed by atoms with Crippen LogP contribution in [0.1, 0.15) is 60.9 Å². The zero-order chi connectivity index (χ0) is 25.2. The highest BCUT2D eigenvalue weighted by Gasteiger charge is 2.33. The summed E-state index contributed by atoms with van der Waals surface area (Å²) >= 11 is 0.